The van der Waals surface area contributed by atoms with Gasteiger partial charge in [0.25, 0.3) is 5.91 Å². The van der Waals surface area contributed by atoms with Crippen LogP contribution >= 0.6 is 0 Å². The number of nitrogens with zero attached hydrogens (tertiary/aromatic N) is 6. The molecule has 4 atom stereocenters. The van der Waals surface area contributed by atoms with Gasteiger partial charge in [-0.1, -0.05) is 6.07 Å². The third kappa shape index (κ3) is 5.52. The predicted molar refractivity (Wildman–Crippen MR) is 141 cm³/mol. The van der Waals surface area contributed by atoms with Crippen LogP contribution in [-0.2, 0) is 9.53 Å². The Morgan fingerprint density at radius 2 is 2.11 bits per heavy atom. The van der Waals surface area contributed by atoms with Crippen LogP contribution in [0, 0.1) is 12.8 Å². The molecule has 12 heteroatoms. The van der Waals surface area contributed by atoms with Gasteiger partial charge in [0.1, 0.15) is 29.7 Å². The van der Waals surface area contributed by atoms with Crippen LogP contribution in [0.3, 0.4) is 0 Å². The van der Waals surface area contributed by atoms with Crippen molar-refractivity contribution in [3.05, 3.63) is 48.2 Å². The number of imidazole rings is 1. The van der Waals surface area contributed by atoms with E-state index >= 15 is 0 Å². The highest BCUT2D eigenvalue weighted by atomic mass is 16.5. The maximum absolute atomic E-state index is 13.2. The zero-order valence-corrected chi connectivity index (χ0v) is 21.7. The number of aromatic nitrogens is 2. The number of ether oxygens (including phenoxy) is 1. The molecule has 1 fully saturated rings. The summed E-state index contributed by atoms with van der Waals surface area (Å²) in [6.07, 6.45) is 6.86. The fourth-order valence-electron chi connectivity index (χ4n) is 4.70. The minimum Gasteiger partial charge on any atom is -0.494 e. The first-order valence-corrected chi connectivity index (χ1v) is 12.3. The number of fused-ring (bicyclic) bond motifs is 1. The van der Waals surface area contributed by atoms with E-state index in [1.165, 1.54) is 12.5 Å². The number of nitrogens with two attached hydrogens (primary N) is 2. The Kier molecular flexibility index (Phi) is 7.65. The zero-order valence-electron chi connectivity index (χ0n) is 21.7. The van der Waals surface area contributed by atoms with Crippen molar-refractivity contribution in [1.82, 2.24) is 24.5 Å². The third-order valence-electron chi connectivity index (χ3n) is 6.74. The molecule has 4 rings (SSSR count). The standard InChI is InChI=1S/C25H35N9O3/c1-15-11-28-19-6-5-18(14-34(15)19)21-20(16(2)37-10-8-26)31-23(27)22(30-21)24(35)29-12-17-7-9-33(13-17)25(36)32(3)4/h5-6,8,10-11,14,16-17,20-21H,7,9,12-13,26H2,1-4H3,(H2,27,31)(H,29,35)/b10-8-. The molecule has 0 spiro atoms. The summed E-state index contributed by atoms with van der Waals surface area (Å²) in [4.78, 5) is 42.5. The first-order chi connectivity index (χ1) is 17.7. The topological polar surface area (TPSA) is 156 Å². The number of carbonyl (C=O) groups is 2. The Labute approximate surface area is 216 Å². The lowest BCUT2D eigenvalue weighted by molar-refractivity contribution is -0.114. The highest BCUT2D eigenvalue weighted by Gasteiger charge is 2.36. The average molecular weight is 510 g/mol. The van der Waals surface area contributed by atoms with Crippen LogP contribution in [0.1, 0.15) is 30.6 Å². The molecule has 0 aliphatic carbocycles. The molecule has 2 aromatic rings. The van der Waals surface area contributed by atoms with Gasteiger partial charge in [0, 0.05) is 58.0 Å². The van der Waals surface area contributed by atoms with Gasteiger partial charge in [-0.15, -0.1) is 0 Å². The first kappa shape index (κ1) is 26.0. The molecule has 198 valence electrons. The minimum absolute atomic E-state index is 0.0262. The Morgan fingerprint density at radius 3 is 2.84 bits per heavy atom. The second-order valence-electron chi connectivity index (χ2n) is 9.68. The van der Waals surface area contributed by atoms with Crippen molar-refractivity contribution in [2.24, 2.45) is 27.4 Å². The molecule has 0 radical (unpaired) electrons. The number of amides is 3. The number of aliphatic imine (C=N–C) groups is 2. The van der Waals surface area contributed by atoms with E-state index < -0.39 is 24.1 Å². The molecule has 2 aliphatic heterocycles. The third-order valence-corrected chi connectivity index (χ3v) is 6.74. The summed E-state index contributed by atoms with van der Waals surface area (Å²) in [6, 6.07) is 2.81. The Balaban J connectivity index is 1.54. The summed E-state index contributed by atoms with van der Waals surface area (Å²) in [5.74, 6) is -0.180. The summed E-state index contributed by atoms with van der Waals surface area (Å²) >= 11 is 0. The van der Waals surface area contributed by atoms with Gasteiger partial charge < -0.3 is 35.7 Å². The number of urea groups is 1. The number of nitrogens with one attached hydrogen (secondary N) is 1. The lowest BCUT2D eigenvalue weighted by Gasteiger charge is -2.30. The number of amidine groups is 1. The van der Waals surface area contributed by atoms with Crippen LogP contribution in [-0.4, -0.2) is 88.5 Å². The fraction of sp³-hybridized carbons (Fsp3) is 0.480. The van der Waals surface area contributed by atoms with E-state index in [1.807, 2.05) is 36.6 Å². The molecule has 0 aromatic carbocycles. The first-order valence-electron chi connectivity index (χ1n) is 12.3. The van der Waals surface area contributed by atoms with Crippen molar-refractivity contribution in [3.8, 4) is 0 Å². The molecular formula is C25H35N9O3. The van der Waals surface area contributed by atoms with Crippen LogP contribution in [0.2, 0.25) is 0 Å². The summed E-state index contributed by atoms with van der Waals surface area (Å²) in [6.45, 7) is 5.49. The molecule has 3 amide bonds. The van der Waals surface area contributed by atoms with Crippen LogP contribution in [0.5, 0.6) is 0 Å². The highest BCUT2D eigenvalue weighted by Crippen LogP contribution is 2.30. The molecule has 2 aromatic heterocycles. The number of rotatable bonds is 7. The summed E-state index contributed by atoms with van der Waals surface area (Å²) in [5, 5.41) is 2.94. The zero-order chi connectivity index (χ0) is 26.7. The van der Waals surface area contributed by atoms with Gasteiger partial charge in [0.15, 0.2) is 5.71 Å². The fourth-order valence-corrected chi connectivity index (χ4v) is 4.70. The number of hydrogen-bond acceptors (Lipinski definition) is 8. The number of pyridine rings is 1. The molecule has 0 bridgehead atoms. The highest BCUT2D eigenvalue weighted by molar-refractivity contribution is 6.66. The van der Waals surface area contributed by atoms with Gasteiger partial charge >= 0.3 is 6.03 Å². The molecule has 12 nitrogen and oxygen atoms in total. The molecule has 4 unspecified atom stereocenters. The van der Waals surface area contributed by atoms with Crippen molar-refractivity contribution < 1.29 is 14.3 Å². The van der Waals surface area contributed by atoms with Crippen molar-refractivity contribution in [1.29, 1.82) is 0 Å². The van der Waals surface area contributed by atoms with E-state index in [0.717, 1.165) is 23.3 Å². The molecular weight excluding hydrogens is 474 g/mol. The Bertz CT molecular complexity index is 1250. The average Bonchev–Trinajstić information content (AvgIpc) is 3.51. The van der Waals surface area contributed by atoms with Crippen LogP contribution < -0.4 is 16.8 Å². The van der Waals surface area contributed by atoms with Crippen LogP contribution in [0.4, 0.5) is 4.79 Å². The van der Waals surface area contributed by atoms with Gasteiger partial charge in [-0.2, -0.15) is 0 Å². The van der Waals surface area contributed by atoms with Crippen molar-refractivity contribution in [3.63, 3.8) is 0 Å². The summed E-state index contributed by atoms with van der Waals surface area (Å²) < 4.78 is 7.66. The Morgan fingerprint density at radius 1 is 1.32 bits per heavy atom. The largest absolute Gasteiger partial charge is 0.494 e. The van der Waals surface area contributed by atoms with Crippen molar-refractivity contribution in [2.75, 3.05) is 33.7 Å². The maximum Gasteiger partial charge on any atom is 0.319 e. The predicted octanol–water partition coefficient (Wildman–Crippen LogP) is 0.819. The molecule has 5 N–H and O–H groups in total. The second-order valence-corrected chi connectivity index (χ2v) is 9.68. The van der Waals surface area contributed by atoms with E-state index in [2.05, 4.69) is 15.3 Å². The van der Waals surface area contributed by atoms with Crippen molar-refractivity contribution >= 4 is 29.1 Å². The minimum atomic E-state index is -0.514. The van der Waals surface area contributed by atoms with E-state index in [1.54, 1.807) is 30.1 Å². The van der Waals surface area contributed by atoms with Gasteiger partial charge in [-0.3, -0.25) is 14.8 Å². The molecule has 4 heterocycles. The lowest BCUT2D eigenvalue weighted by atomic mass is 9.95. The molecule has 1 saturated heterocycles. The van der Waals surface area contributed by atoms with E-state index in [9.17, 15) is 9.59 Å². The SMILES string of the molecule is Cc1cnc2ccc(C3N=C(C(=O)NCC4CCN(C(=O)N(C)C)C4)C(N)=NC3C(C)O/C=C\N)cn12. The van der Waals surface area contributed by atoms with Crippen LogP contribution in [0.15, 0.2) is 47.0 Å². The summed E-state index contributed by atoms with van der Waals surface area (Å²) in [5.41, 5.74) is 14.4. The monoisotopic (exact) mass is 509 g/mol. The van der Waals surface area contributed by atoms with Gasteiger partial charge in [-0.25, -0.2) is 9.78 Å². The number of hydrogen-bond donors (Lipinski definition) is 3. The van der Waals surface area contributed by atoms with Gasteiger partial charge in [0.2, 0.25) is 0 Å². The van der Waals surface area contributed by atoms with Crippen molar-refractivity contribution in [2.45, 2.75) is 38.5 Å². The quantitative estimate of drug-likeness (QED) is 0.469. The molecule has 2 aliphatic rings. The number of likely N-dealkylation sites (tertiary alicyclic amines) is 1. The van der Waals surface area contributed by atoms with Gasteiger partial charge in [-0.05, 0) is 37.8 Å². The van der Waals surface area contributed by atoms with Gasteiger partial charge in [0.05, 0.1) is 6.26 Å². The normalized spacial score (nSPS) is 22.6. The van der Waals surface area contributed by atoms with E-state index in [0.29, 0.717) is 19.6 Å². The number of aryl methyl sites for hydroxylation is 1. The second kappa shape index (κ2) is 10.9. The van der Waals surface area contributed by atoms with E-state index in [4.69, 9.17) is 21.2 Å². The maximum atomic E-state index is 13.2. The Hall–Kier alpha value is -4.09. The van der Waals surface area contributed by atoms with Crippen LogP contribution in [0.25, 0.3) is 5.65 Å². The molecule has 0 saturated carbocycles. The molecule has 37 heavy (non-hydrogen) atoms. The van der Waals surface area contributed by atoms with E-state index in [-0.39, 0.29) is 23.5 Å². The smallest absolute Gasteiger partial charge is 0.319 e. The number of carbonyl (C=O) groups excluding carboxylic acids is 2. The lowest BCUT2D eigenvalue weighted by Crippen LogP contribution is -2.46. The summed E-state index contributed by atoms with van der Waals surface area (Å²) in [7, 11) is 3.46.